The number of nitrogens with zero attached hydrogens (tertiary/aromatic N) is 1. The molecule has 0 saturated heterocycles. The Kier molecular flexibility index (Phi) is 4.61. The zero-order valence-electron chi connectivity index (χ0n) is 12.7. The lowest BCUT2D eigenvalue weighted by molar-refractivity contribution is -0.130. The molecule has 3 rings (SSSR count). The van der Waals surface area contributed by atoms with Gasteiger partial charge in [-0.2, -0.15) is 0 Å². The third kappa shape index (κ3) is 3.37. The SMILES string of the molecule is CC1=CN(c2ccc(I)cc2)C(=O)C(Cc2ccccc2)C1=O. The summed E-state index contributed by atoms with van der Waals surface area (Å²) >= 11 is 2.23. The van der Waals surface area contributed by atoms with E-state index in [2.05, 4.69) is 22.6 Å². The topological polar surface area (TPSA) is 37.4 Å². The summed E-state index contributed by atoms with van der Waals surface area (Å²) in [6, 6.07) is 17.4. The molecule has 116 valence electrons. The average Bonchev–Trinajstić information content (AvgIpc) is 2.57. The highest BCUT2D eigenvalue weighted by molar-refractivity contribution is 14.1. The van der Waals surface area contributed by atoms with E-state index in [1.807, 2.05) is 54.6 Å². The second-order valence-corrected chi connectivity index (χ2v) is 6.85. The van der Waals surface area contributed by atoms with Gasteiger partial charge in [0.15, 0.2) is 5.78 Å². The summed E-state index contributed by atoms with van der Waals surface area (Å²) in [6.07, 6.45) is 2.08. The fourth-order valence-electron chi connectivity index (χ4n) is 2.71. The van der Waals surface area contributed by atoms with E-state index >= 15 is 0 Å². The molecule has 0 saturated carbocycles. The van der Waals surface area contributed by atoms with Gasteiger partial charge in [-0.25, -0.2) is 0 Å². The first-order valence-corrected chi connectivity index (χ1v) is 8.49. The van der Waals surface area contributed by atoms with Crippen LogP contribution in [-0.4, -0.2) is 11.7 Å². The maximum absolute atomic E-state index is 12.8. The number of hydrogen-bond donors (Lipinski definition) is 0. The van der Waals surface area contributed by atoms with Crippen LogP contribution < -0.4 is 4.90 Å². The molecular weight excluding hydrogens is 401 g/mol. The molecule has 0 bridgehead atoms. The highest BCUT2D eigenvalue weighted by Gasteiger charge is 2.35. The molecule has 0 aliphatic carbocycles. The van der Waals surface area contributed by atoms with Crippen molar-refractivity contribution >= 4 is 40.0 Å². The Hall–Kier alpha value is -1.95. The molecule has 1 amide bonds. The fourth-order valence-corrected chi connectivity index (χ4v) is 3.07. The summed E-state index contributed by atoms with van der Waals surface area (Å²) in [7, 11) is 0. The maximum atomic E-state index is 12.8. The smallest absolute Gasteiger partial charge is 0.242 e. The predicted octanol–water partition coefficient (Wildman–Crippen LogP) is 3.97. The first-order chi connectivity index (χ1) is 11.1. The van der Waals surface area contributed by atoms with Gasteiger partial charge in [0.05, 0.1) is 0 Å². The van der Waals surface area contributed by atoms with Crippen LogP contribution in [0.1, 0.15) is 12.5 Å². The zero-order chi connectivity index (χ0) is 16.4. The van der Waals surface area contributed by atoms with Gasteiger partial charge in [0.1, 0.15) is 5.92 Å². The molecule has 1 aliphatic heterocycles. The van der Waals surface area contributed by atoms with Crippen molar-refractivity contribution in [3.63, 3.8) is 0 Å². The number of anilines is 1. The summed E-state index contributed by atoms with van der Waals surface area (Å²) in [4.78, 5) is 26.9. The number of carbonyl (C=O) groups is 2. The molecule has 23 heavy (non-hydrogen) atoms. The van der Waals surface area contributed by atoms with Crippen LogP contribution in [0, 0.1) is 9.49 Å². The zero-order valence-corrected chi connectivity index (χ0v) is 14.9. The van der Waals surface area contributed by atoms with Crippen LogP contribution in [0.15, 0.2) is 66.4 Å². The molecule has 2 aromatic carbocycles. The molecule has 4 heteroatoms. The molecule has 2 aromatic rings. The van der Waals surface area contributed by atoms with Gasteiger partial charge in [0, 0.05) is 21.0 Å². The summed E-state index contributed by atoms with van der Waals surface area (Å²) < 4.78 is 1.11. The predicted molar refractivity (Wildman–Crippen MR) is 99.0 cm³/mol. The van der Waals surface area contributed by atoms with E-state index in [9.17, 15) is 9.59 Å². The maximum Gasteiger partial charge on any atom is 0.242 e. The minimum atomic E-state index is -0.651. The Labute approximate surface area is 149 Å². The summed E-state index contributed by atoms with van der Waals surface area (Å²) in [5.74, 6) is -0.895. The van der Waals surface area contributed by atoms with Crippen molar-refractivity contribution in [2.45, 2.75) is 13.3 Å². The number of hydrogen-bond acceptors (Lipinski definition) is 2. The molecule has 0 fully saturated rings. The van der Waals surface area contributed by atoms with Crippen LogP contribution in [0.4, 0.5) is 5.69 Å². The quantitative estimate of drug-likeness (QED) is 0.560. The van der Waals surface area contributed by atoms with Gasteiger partial charge in [0.2, 0.25) is 5.91 Å². The number of carbonyl (C=O) groups excluding carboxylic acids is 2. The number of amides is 1. The van der Waals surface area contributed by atoms with Crippen molar-refractivity contribution in [3.8, 4) is 0 Å². The third-order valence-electron chi connectivity index (χ3n) is 3.95. The summed E-state index contributed by atoms with van der Waals surface area (Å²) in [5, 5.41) is 0. The molecule has 1 atom stereocenters. The Morgan fingerprint density at radius 1 is 1.00 bits per heavy atom. The van der Waals surface area contributed by atoms with E-state index in [1.165, 1.54) is 0 Å². The van der Waals surface area contributed by atoms with Crippen molar-refractivity contribution in [1.82, 2.24) is 0 Å². The van der Waals surface area contributed by atoms with E-state index in [1.54, 1.807) is 18.0 Å². The van der Waals surface area contributed by atoms with Gasteiger partial charge in [-0.15, -0.1) is 0 Å². The van der Waals surface area contributed by atoms with Crippen molar-refractivity contribution < 1.29 is 9.59 Å². The third-order valence-corrected chi connectivity index (χ3v) is 4.67. The van der Waals surface area contributed by atoms with Crippen LogP contribution in [0.2, 0.25) is 0 Å². The number of rotatable bonds is 3. The van der Waals surface area contributed by atoms with Crippen LogP contribution in [-0.2, 0) is 16.0 Å². The van der Waals surface area contributed by atoms with E-state index in [0.29, 0.717) is 12.0 Å². The van der Waals surface area contributed by atoms with Gasteiger partial charge in [0.25, 0.3) is 0 Å². The minimum Gasteiger partial charge on any atom is -0.294 e. The number of Topliss-reactive ketones (excluding diaryl/α,β-unsaturated/α-hetero) is 1. The molecule has 0 radical (unpaired) electrons. The Morgan fingerprint density at radius 2 is 1.65 bits per heavy atom. The van der Waals surface area contributed by atoms with Gasteiger partial charge < -0.3 is 0 Å². The van der Waals surface area contributed by atoms with Gasteiger partial charge in [-0.3, -0.25) is 14.5 Å². The number of allylic oxidation sites excluding steroid dienone is 1. The van der Waals surface area contributed by atoms with E-state index in [0.717, 1.165) is 14.8 Å². The van der Waals surface area contributed by atoms with Gasteiger partial charge >= 0.3 is 0 Å². The van der Waals surface area contributed by atoms with Crippen LogP contribution >= 0.6 is 22.6 Å². The van der Waals surface area contributed by atoms with Gasteiger partial charge in [-0.05, 0) is 65.8 Å². The number of ketones is 1. The Morgan fingerprint density at radius 3 is 2.30 bits per heavy atom. The van der Waals surface area contributed by atoms with E-state index in [-0.39, 0.29) is 11.7 Å². The molecular formula is C19H16INO2. The second kappa shape index (κ2) is 6.66. The van der Waals surface area contributed by atoms with Gasteiger partial charge in [-0.1, -0.05) is 30.3 Å². The lowest BCUT2D eigenvalue weighted by atomic mass is 9.88. The van der Waals surface area contributed by atoms with Crippen LogP contribution in [0.25, 0.3) is 0 Å². The van der Waals surface area contributed by atoms with Crippen molar-refractivity contribution in [3.05, 3.63) is 75.5 Å². The monoisotopic (exact) mass is 417 g/mol. The highest BCUT2D eigenvalue weighted by atomic mass is 127. The molecule has 1 unspecified atom stereocenters. The molecule has 1 aliphatic rings. The highest BCUT2D eigenvalue weighted by Crippen LogP contribution is 2.27. The second-order valence-electron chi connectivity index (χ2n) is 5.60. The molecule has 1 heterocycles. The number of benzene rings is 2. The standard InChI is InChI=1S/C19H16INO2/c1-13-12-21(16-9-7-15(20)8-10-16)19(23)17(18(13)22)11-14-5-3-2-4-6-14/h2-10,12,17H,11H2,1H3. The fraction of sp³-hybridized carbons (Fsp3) is 0.158. The normalized spacial score (nSPS) is 18.1. The Balaban J connectivity index is 1.93. The molecule has 3 nitrogen and oxygen atoms in total. The molecule has 0 N–H and O–H groups in total. The first kappa shape index (κ1) is 15.9. The van der Waals surface area contributed by atoms with Crippen molar-refractivity contribution in [2.24, 2.45) is 5.92 Å². The molecule has 0 aromatic heterocycles. The Bertz CT molecular complexity index is 766. The lowest BCUT2D eigenvalue weighted by Gasteiger charge is -2.29. The minimum absolute atomic E-state index is 0.0828. The lowest BCUT2D eigenvalue weighted by Crippen LogP contribution is -2.42. The summed E-state index contributed by atoms with van der Waals surface area (Å²) in [6.45, 7) is 1.77. The largest absolute Gasteiger partial charge is 0.294 e. The van der Waals surface area contributed by atoms with E-state index < -0.39 is 5.92 Å². The number of halogens is 1. The van der Waals surface area contributed by atoms with E-state index in [4.69, 9.17) is 0 Å². The van der Waals surface area contributed by atoms with Crippen molar-refractivity contribution in [1.29, 1.82) is 0 Å². The first-order valence-electron chi connectivity index (χ1n) is 7.41. The van der Waals surface area contributed by atoms with Crippen LogP contribution in [0.3, 0.4) is 0 Å². The van der Waals surface area contributed by atoms with Crippen molar-refractivity contribution in [2.75, 3.05) is 4.90 Å². The molecule has 0 spiro atoms. The van der Waals surface area contributed by atoms with Crippen LogP contribution in [0.5, 0.6) is 0 Å². The average molecular weight is 417 g/mol. The summed E-state index contributed by atoms with van der Waals surface area (Å²) in [5.41, 5.74) is 2.40.